The monoisotopic (exact) mass is 689 g/mol. The summed E-state index contributed by atoms with van der Waals surface area (Å²) in [7, 11) is 0. The van der Waals surface area contributed by atoms with E-state index in [0.717, 1.165) is 24.0 Å². The predicted molar refractivity (Wildman–Crippen MR) is 230 cm³/mol. The Hall–Kier alpha value is -3.71. The van der Waals surface area contributed by atoms with Crippen molar-refractivity contribution >= 4 is 75.8 Å². The molecule has 0 aliphatic carbocycles. The Balaban J connectivity index is 1.08. The number of hydrogen-bond acceptors (Lipinski definition) is 0. The van der Waals surface area contributed by atoms with Crippen molar-refractivity contribution in [2.45, 2.75) is 155 Å². The van der Waals surface area contributed by atoms with Crippen LogP contribution < -0.4 is 0 Å². The molecule has 0 N–H and O–H groups in total. The maximum Gasteiger partial charge on any atom is 0.362 e. The molecule has 0 radical (unpaired) electrons. The molecule has 0 spiro atoms. The standard InChI is InChI=1S/C51H61O/c1-3-5-7-9-11-13-15-17-19-21-24-36-32-38-28-30-44-49-46(38)42(34-36)40-26-23-27-41-43-35-37(25-22-20-18-16-14-12-10-8-6-4-2)33-39-29-31-45(52-44)50(47(39)43)51(49)48(40)41/h23,26-35H,3-22,24-25H2,1-2H3/q+1. The van der Waals surface area contributed by atoms with E-state index < -0.39 is 0 Å². The summed E-state index contributed by atoms with van der Waals surface area (Å²) in [6.45, 7) is 4.61. The molecule has 0 amide bonds. The molecule has 0 fully saturated rings. The van der Waals surface area contributed by atoms with Gasteiger partial charge in [0.15, 0.2) is 0 Å². The average Bonchev–Trinajstić information content (AvgIpc) is 3.17. The molecule has 0 bridgehead atoms. The van der Waals surface area contributed by atoms with Crippen LogP contribution in [0.3, 0.4) is 0 Å². The third-order valence-corrected chi connectivity index (χ3v) is 12.5. The zero-order valence-electron chi connectivity index (χ0n) is 32.3. The molecule has 8 rings (SSSR count). The second kappa shape index (κ2) is 16.5. The Bertz CT molecular complexity index is 2190. The highest BCUT2D eigenvalue weighted by molar-refractivity contribution is 6.46. The van der Waals surface area contributed by atoms with Gasteiger partial charge in [-0.05, 0) is 86.6 Å². The zero-order chi connectivity index (χ0) is 35.3. The third-order valence-electron chi connectivity index (χ3n) is 12.5. The minimum absolute atomic E-state index is 1.01. The number of fused-ring (bicyclic) bond motifs is 2. The Morgan fingerprint density at radius 3 is 1.17 bits per heavy atom. The minimum Gasteiger partial charge on any atom is -0.207 e. The van der Waals surface area contributed by atoms with Crippen LogP contribution in [-0.4, -0.2) is 0 Å². The van der Waals surface area contributed by atoms with E-state index >= 15 is 0 Å². The molecule has 1 heteroatoms. The topological polar surface area (TPSA) is 11.3 Å². The predicted octanol–water partition coefficient (Wildman–Crippen LogP) is 16.9. The fourth-order valence-corrected chi connectivity index (χ4v) is 9.80. The quantitative estimate of drug-likeness (QED) is 0.0298. The van der Waals surface area contributed by atoms with Gasteiger partial charge in [-0.15, -0.1) is 0 Å². The highest BCUT2D eigenvalue weighted by atomic mass is 16.3. The highest BCUT2D eigenvalue weighted by Gasteiger charge is 2.28. The van der Waals surface area contributed by atoms with Crippen LogP contribution in [0.4, 0.5) is 0 Å². The lowest BCUT2D eigenvalue weighted by molar-refractivity contribution is 0.556. The molecule has 1 aromatic heterocycles. The molecule has 52 heavy (non-hydrogen) atoms. The SMILES string of the molecule is CCCCCCCCCCCCc1cc2ccc3[o+]c4ccc5cc(CCCCCCCCCCCC)cc6c7cccc8c(c1)c2c3c(c87)c4c56. The van der Waals surface area contributed by atoms with Crippen LogP contribution in [0.5, 0.6) is 0 Å². The van der Waals surface area contributed by atoms with E-state index in [1.165, 1.54) is 204 Å². The second-order valence-electron chi connectivity index (χ2n) is 16.4. The maximum atomic E-state index is 6.81. The first-order valence-corrected chi connectivity index (χ1v) is 21.7. The number of rotatable bonds is 22. The summed E-state index contributed by atoms with van der Waals surface area (Å²) in [4.78, 5) is 0. The van der Waals surface area contributed by atoms with E-state index in [0.29, 0.717) is 0 Å². The molecule has 8 aromatic rings. The van der Waals surface area contributed by atoms with E-state index in [-0.39, 0.29) is 0 Å². The first kappa shape index (κ1) is 35.3. The smallest absolute Gasteiger partial charge is 0.207 e. The molecule has 0 aliphatic rings. The van der Waals surface area contributed by atoms with E-state index in [1.54, 1.807) is 0 Å². The van der Waals surface area contributed by atoms with Crippen LogP contribution in [0, 0.1) is 0 Å². The van der Waals surface area contributed by atoms with Gasteiger partial charge >= 0.3 is 11.2 Å². The molecule has 0 aliphatic heterocycles. The van der Waals surface area contributed by atoms with Crippen molar-refractivity contribution in [2.75, 3.05) is 0 Å². The summed E-state index contributed by atoms with van der Waals surface area (Å²) in [5.41, 5.74) is 4.99. The van der Waals surface area contributed by atoms with Gasteiger partial charge in [0.1, 0.15) is 0 Å². The van der Waals surface area contributed by atoms with Crippen molar-refractivity contribution in [1.82, 2.24) is 0 Å². The average molecular weight is 690 g/mol. The normalized spacial score (nSPS) is 12.6. The van der Waals surface area contributed by atoms with E-state index in [4.69, 9.17) is 4.42 Å². The molecular formula is C51H61O+. The second-order valence-corrected chi connectivity index (χ2v) is 16.4. The van der Waals surface area contributed by atoms with E-state index in [2.05, 4.69) is 80.6 Å². The van der Waals surface area contributed by atoms with E-state index in [1.807, 2.05) is 0 Å². The molecule has 0 saturated carbocycles. The van der Waals surface area contributed by atoms with Crippen molar-refractivity contribution in [1.29, 1.82) is 0 Å². The molecule has 1 nitrogen and oxygen atoms in total. The molecule has 0 atom stereocenters. The van der Waals surface area contributed by atoms with Crippen LogP contribution in [0.15, 0.2) is 71.1 Å². The minimum atomic E-state index is 1.01. The van der Waals surface area contributed by atoms with Gasteiger partial charge in [0, 0.05) is 28.3 Å². The number of hydrogen-bond donors (Lipinski definition) is 0. The summed E-state index contributed by atoms with van der Waals surface area (Å²) >= 11 is 0. The van der Waals surface area contributed by atoms with Gasteiger partial charge in [-0.25, -0.2) is 4.42 Å². The van der Waals surface area contributed by atoms with Crippen LogP contribution in [-0.2, 0) is 12.8 Å². The summed E-state index contributed by atoms with van der Waals surface area (Å²) in [6.07, 6.45) is 29.9. The summed E-state index contributed by atoms with van der Waals surface area (Å²) in [5.74, 6) is 0. The van der Waals surface area contributed by atoms with Crippen molar-refractivity contribution in [3.63, 3.8) is 0 Å². The first-order valence-electron chi connectivity index (χ1n) is 21.7. The molecule has 270 valence electrons. The third kappa shape index (κ3) is 7.02. The number of unbranched alkanes of at least 4 members (excludes halogenated alkanes) is 18. The molecule has 7 aromatic carbocycles. The van der Waals surface area contributed by atoms with E-state index in [9.17, 15) is 0 Å². The Labute approximate surface area is 312 Å². The van der Waals surface area contributed by atoms with Gasteiger partial charge in [0.2, 0.25) is 0 Å². The van der Waals surface area contributed by atoms with Crippen LogP contribution >= 0.6 is 0 Å². The van der Waals surface area contributed by atoms with Crippen molar-refractivity contribution < 1.29 is 4.42 Å². The lowest BCUT2D eigenvalue weighted by atomic mass is 9.82. The number of benzene rings is 7. The summed E-state index contributed by atoms with van der Waals surface area (Å²) in [5, 5.41) is 16.6. The Morgan fingerprint density at radius 2 is 0.750 bits per heavy atom. The zero-order valence-corrected chi connectivity index (χ0v) is 32.3. The van der Waals surface area contributed by atoms with Gasteiger partial charge in [0.25, 0.3) is 0 Å². The Morgan fingerprint density at radius 1 is 0.346 bits per heavy atom. The van der Waals surface area contributed by atoms with Gasteiger partial charge in [-0.3, -0.25) is 0 Å². The van der Waals surface area contributed by atoms with Gasteiger partial charge in [-0.1, -0.05) is 172 Å². The van der Waals surface area contributed by atoms with Crippen molar-refractivity contribution in [2.24, 2.45) is 0 Å². The maximum absolute atomic E-state index is 6.81. The molecule has 0 saturated heterocycles. The lowest BCUT2D eigenvalue weighted by Crippen LogP contribution is -1.96. The van der Waals surface area contributed by atoms with Gasteiger partial charge < -0.3 is 0 Å². The summed E-state index contributed by atoms with van der Waals surface area (Å²) in [6, 6.07) is 26.3. The highest BCUT2D eigenvalue weighted by Crippen LogP contribution is 2.51. The lowest BCUT2D eigenvalue weighted by Gasteiger charge is -2.19. The molecule has 1 heterocycles. The van der Waals surface area contributed by atoms with Crippen LogP contribution in [0.2, 0.25) is 0 Å². The van der Waals surface area contributed by atoms with Crippen LogP contribution in [0.1, 0.15) is 153 Å². The van der Waals surface area contributed by atoms with Crippen LogP contribution in [0.25, 0.3) is 75.8 Å². The Kier molecular flexibility index (Phi) is 11.2. The molecule has 0 unspecified atom stereocenters. The first-order chi connectivity index (χ1) is 25.8. The van der Waals surface area contributed by atoms with Crippen molar-refractivity contribution in [3.05, 3.63) is 77.9 Å². The van der Waals surface area contributed by atoms with Gasteiger partial charge in [-0.2, -0.15) is 0 Å². The fraction of sp³-hybridized carbons (Fsp3) is 0.471. The number of aryl methyl sites for hydroxylation is 2. The van der Waals surface area contributed by atoms with Gasteiger partial charge in [0.05, 0.1) is 10.8 Å². The largest absolute Gasteiger partial charge is 0.362 e. The fourth-order valence-electron chi connectivity index (χ4n) is 9.80. The molecular weight excluding hydrogens is 629 g/mol. The van der Waals surface area contributed by atoms with Crippen molar-refractivity contribution in [3.8, 4) is 0 Å². The summed E-state index contributed by atoms with van der Waals surface area (Å²) < 4.78 is 6.81.